The van der Waals surface area contributed by atoms with Crippen molar-refractivity contribution in [3.8, 4) is 0 Å². The van der Waals surface area contributed by atoms with Crippen molar-refractivity contribution in [1.29, 1.82) is 0 Å². The molecule has 3 atom stereocenters. The maximum Gasteiger partial charge on any atom is 0.306 e. The lowest BCUT2D eigenvalue weighted by Crippen LogP contribution is -2.30. The van der Waals surface area contributed by atoms with Gasteiger partial charge >= 0.3 is 17.9 Å². The first-order valence-electron chi connectivity index (χ1n) is 29.3. The molecule has 0 aliphatic carbocycles. The molecule has 0 spiro atoms. The zero-order valence-corrected chi connectivity index (χ0v) is 44.6. The topological polar surface area (TPSA) is 78.9 Å². The van der Waals surface area contributed by atoms with Gasteiger partial charge in [-0.15, -0.1) is 0 Å². The molecule has 6 nitrogen and oxygen atoms in total. The highest BCUT2D eigenvalue weighted by molar-refractivity contribution is 5.71. The second kappa shape index (κ2) is 51.8. The van der Waals surface area contributed by atoms with Crippen molar-refractivity contribution in [3.05, 3.63) is 0 Å². The van der Waals surface area contributed by atoms with Crippen molar-refractivity contribution in [3.63, 3.8) is 0 Å². The summed E-state index contributed by atoms with van der Waals surface area (Å²) in [5.41, 5.74) is 0. The Bertz CT molecular complexity index is 997. The van der Waals surface area contributed by atoms with Gasteiger partial charge in [0, 0.05) is 19.3 Å². The molecule has 0 aromatic rings. The summed E-state index contributed by atoms with van der Waals surface area (Å²) < 4.78 is 16.9. The van der Waals surface area contributed by atoms with Gasteiger partial charge in [0.15, 0.2) is 6.10 Å². The SMILES string of the molecule is CCCCCCCCCCCCCCCCCC(=O)OC[C@@H](COC(=O)CCCCCCCCCCCCCCCCC(C)CC)OC(=O)CCCCCCCCCCCCC(C)CC. The van der Waals surface area contributed by atoms with Crippen molar-refractivity contribution in [2.75, 3.05) is 13.2 Å². The maximum atomic E-state index is 12.8. The van der Waals surface area contributed by atoms with Crippen molar-refractivity contribution in [2.24, 2.45) is 11.8 Å². The molecule has 0 amide bonds. The molecule has 0 aliphatic rings. The van der Waals surface area contributed by atoms with Crippen LogP contribution in [0.1, 0.15) is 330 Å². The van der Waals surface area contributed by atoms with Crippen LogP contribution in [0.4, 0.5) is 0 Å². The van der Waals surface area contributed by atoms with Gasteiger partial charge in [-0.3, -0.25) is 14.4 Å². The Morgan fingerprint density at radius 1 is 0.308 bits per heavy atom. The molecule has 2 unspecified atom stereocenters. The number of hydrogen-bond donors (Lipinski definition) is 0. The Morgan fingerprint density at radius 3 is 0.800 bits per heavy atom. The van der Waals surface area contributed by atoms with E-state index in [0.29, 0.717) is 19.3 Å². The van der Waals surface area contributed by atoms with Crippen LogP contribution < -0.4 is 0 Å². The van der Waals surface area contributed by atoms with Crippen LogP contribution >= 0.6 is 0 Å². The van der Waals surface area contributed by atoms with Gasteiger partial charge in [0.1, 0.15) is 13.2 Å². The molecule has 0 rings (SSSR count). The van der Waals surface area contributed by atoms with E-state index in [1.165, 1.54) is 218 Å². The third-order valence-electron chi connectivity index (χ3n) is 14.2. The van der Waals surface area contributed by atoms with Crippen molar-refractivity contribution >= 4 is 17.9 Å². The van der Waals surface area contributed by atoms with E-state index in [4.69, 9.17) is 14.2 Å². The lowest BCUT2D eigenvalue weighted by molar-refractivity contribution is -0.167. The molecule has 0 fully saturated rings. The minimum atomic E-state index is -0.763. The fourth-order valence-electron chi connectivity index (χ4n) is 8.99. The summed E-state index contributed by atoms with van der Waals surface area (Å²) in [6, 6.07) is 0. The summed E-state index contributed by atoms with van der Waals surface area (Å²) in [5.74, 6) is 0.924. The molecule has 0 aromatic heterocycles. The summed E-state index contributed by atoms with van der Waals surface area (Å²) in [7, 11) is 0. The number of rotatable bonds is 53. The predicted octanol–water partition coefficient (Wildman–Crippen LogP) is 19.3. The molecule has 0 saturated heterocycles. The van der Waals surface area contributed by atoms with Crippen molar-refractivity contribution < 1.29 is 28.6 Å². The van der Waals surface area contributed by atoms with Gasteiger partial charge in [0.05, 0.1) is 0 Å². The summed E-state index contributed by atoms with van der Waals surface area (Å²) in [5, 5.41) is 0. The molecule has 0 bridgehead atoms. The summed E-state index contributed by atoms with van der Waals surface area (Å²) >= 11 is 0. The lowest BCUT2D eigenvalue weighted by Gasteiger charge is -2.18. The van der Waals surface area contributed by atoms with Crippen molar-refractivity contribution in [1.82, 2.24) is 0 Å². The Kier molecular flexibility index (Phi) is 50.5. The highest BCUT2D eigenvalue weighted by Gasteiger charge is 2.19. The second-order valence-electron chi connectivity index (χ2n) is 20.8. The quantitative estimate of drug-likeness (QED) is 0.0344. The van der Waals surface area contributed by atoms with Gasteiger partial charge in [-0.1, -0.05) is 291 Å². The van der Waals surface area contributed by atoms with E-state index in [1.807, 2.05) is 0 Å². The Labute approximate surface area is 406 Å². The monoisotopic (exact) mass is 919 g/mol. The molecule has 65 heavy (non-hydrogen) atoms. The van der Waals surface area contributed by atoms with E-state index in [9.17, 15) is 14.4 Å². The summed E-state index contributed by atoms with van der Waals surface area (Å²) in [6.07, 6.45) is 55.0. The average Bonchev–Trinajstić information content (AvgIpc) is 3.30. The molecular weight excluding hydrogens is 805 g/mol. The van der Waals surface area contributed by atoms with Crippen LogP contribution in [0.25, 0.3) is 0 Å². The zero-order valence-electron chi connectivity index (χ0n) is 44.6. The zero-order chi connectivity index (χ0) is 47.5. The molecule has 0 radical (unpaired) electrons. The number of carbonyl (C=O) groups is 3. The molecule has 0 aromatic carbocycles. The number of carbonyl (C=O) groups excluding carboxylic acids is 3. The van der Waals surface area contributed by atoms with Crippen LogP contribution in [0.2, 0.25) is 0 Å². The van der Waals surface area contributed by atoms with Crippen LogP contribution in [0, 0.1) is 11.8 Å². The summed E-state index contributed by atoms with van der Waals surface area (Å²) in [6.45, 7) is 11.5. The third-order valence-corrected chi connectivity index (χ3v) is 14.2. The van der Waals surface area contributed by atoms with E-state index in [2.05, 4.69) is 34.6 Å². The minimum Gasteiger partial charge on any atom is -0.462 e. The van der Waals surface area contributed by atoms with Crippen LogP contribution in [0.3, 0.4) is 0 Å². The van der Waals surface area contributed by atoms with Gasteiger partial charge in [0.2, 0.25) is 0 Å². The molecule has 0 heterocycles. The number of hydrogen-bond acceptors (Lipinski definition) is 6. The standard InChI is InChI=1S/C59H114O6/c1-6-9-10-11-12-13-14-15-16-20-23-29-34-39-44-49-57(60)63-52-56(65-59(62)51-46-41-36-31-26-25-28-33-38-43-48-55(5)8-3)53-64-58(61)50-45-40-35-30-24-21-18-17-19-22-27-32-37-42-47-54(4)7-2/h54-56H,6-53H2,1-5H3/t54?,55?,56-/m0/s1. The van der Waals surface area contributed by atoms with Gasteiger partial charge in [0.25, 0.3) is 0 Å². The Balaban J connectivity index is 4.30. The molecular formula is C59H114O6. The predicted molar refractivity (Wildman–Crippen MR) is 280 cm³/mol. The van der Waals surface area contributed by atoms with E-state index in [0.717, 1.165) is 69.6 Å². The van der Waals surface area contributed by atoms with Crippen molar-refractivity contribution in [2.45, 2.75) is 336 Å². The largest absolute Gasteiger partial charge is 0.462 e. The first-order valence-corrected chi connectivity index (χ1v) is 29.3. The van der Waals surface area contributed by atoms with E-state index in [1.54, 1.807) is 0 Å². The normalized spacial score (nSPS) is 12.9. The van der Waals surface area contributed by atoms with Gasteiger partial charge in [-0.25, -0.2) is 0 Å². The molecule has 0 saturated carbocycles. The fraction of sp³-hybridized carbons (Fsp3) is 0.949. The number of ether oxygens (including phenoxy) is 3. The molecule has 0 N–H and O–H groups in total. The van der Waals surface area contributed by atoms with Crippen LogP contribution in [0.15, 0.2) is 0 Å². The Hall–Kier alpha value is -1.59. The third kappa shape index (κ3) is 50.1. The maximum absolute atomic E-state index is 12.8. The van der Waals surface area contributed by atoms with Crippen LogP contribution in [-0.4, -0.2) is 37.2 Å². The fourth-order valence-corrected chi connectivity index (χ4v) is 8.99. The average molecular weight is 920 g/mol. The first-order chi connectivity index (χ1) is 31.8. The molecule has 0 aliphatic heterocycles. The highest BCUT2D eigenvalue weighted by atomic mass is 16.6. The van der Waals surface area contributed by atoms with E-state index in [-0.39, 0.29) is 31.1 Å². The lowest BCUT2D eigenvalue weighted by atomic mass is 9.99. The molecule has 386 valence electrons. The first kappa shape index (κ1) is 63.4. The minimum absolute atomic E-state index is 0.0628. The second-order valence-corrected chi connectivity index (χ2v) is 20.8. The molecule has 6 heteroatoms. The number of unbranched alkanes of at least 4 members (excludes halogenated alkanes) is 36. The van der Waals surface area contributed by atoms with E-state index >= 15 is 0 Å². The Morgan fingerprint density at radius 2 is 0.538 bits per heavy atom. The van der Waals surface area contributed by atoms with Crippen LogP contribution in [0.5, 0.6) is 0 Å². The smallest absolute Gasteiger partial charge is 0.306 e. The summed E-state index contributed by atoms with van der Waals surface area (Å²) in [4.78, 5) is 38.2. The van der Waals surface area contributed by atoms with E-state index < -0.39 is 6.10 Å². The number of esters is 3. The highest BCUT2D eigenvalue weighted by Crippen LogP contribution is 2.19. The van der Waals surface area contributed by atoms with Crippen LogP contribution in [-0.2, 0) is 28.6 Å². The van der Waals surface area contributed by atoms with Gasteiger partial charge < -0.3 is 14.2 Å². The van der Waals surface area contributed by atoms with Gasteiger partial charge in [-0.05, 0) is 31.1 Å². The van der Waals surface area contributed by atoms with Gasteiger partial charge in [-0.2, -0.15) is 0 Å².